The molecule has 0 bridgehead atoms. The summed E-state index contributed by atoms with van der Waals surface area (Å²) in [6.45, 7) is 1.34. The summed E-state index contributed by atoms with van der Waals surface area (Å²) in [7, 11) is 0. The van der Waals surface area contributed by atoms with Crippen molar-refractivity contribution in [3.05, 3.63) is 42.0 Å². The molecule has 1 aromatic heterocycles. The van der Waals surface area contributed by atoms with Crippen molar-refractivity contribution in [3.63, 3.8) is 0 Å². The fraction of sp³-hybridized carbons (Fsp3) is 0.333. The first kappa shape index (κ1) is 10.3. The second-order valence-electron chi connectivity index (χ2n) is 3.96. The molecule has 0 spiro atoms. The lowest BCUT2D eigenvalue weighted by molar-refractivity contribution is 0.251. The minimum atomic E-state index is 0.290. The van der Waals surface area contributed by atoms with Crippen LogP contribution in [0.15, 0.2) is 35.2 Å². The molecule has 88 valence electrons. The zero-order chi connectivity index (χ0) is 11.5. The van der Waals surface area contributed by atoms with Gasteiger partial charge >= 0.3 is 0 Å². The Bertz CT molecular complexity index is 484. The number of nitrogens with zero attached hydrogens (tertiary/aromatic N) is 2. The molecule has 1 atom stereocenters. The standard InChI is InChI=1S/C12H13N3O2/c1-2-4-11-9(3-1)10(5-6-16-11)13-7-12-14-8-17-15-12/h1-4,8,10,13H,5-7H2. The molecule has 1 aliphatic heterocycles. The van der Waals surface area contributed by atoms with Gasteiger partial charge in [-0.05, 0) is 6.07 Å². The van der Waals surface area contributed by atoms with Gasteiger partial charge in [0.05, 0.1) is 13.2 Å². The van der Waals surface area contributed by atoms with E-state index < -0.39 is 0 Å². The van der Waals surface area contributed by atoms with Crippen molar-refractivity contribution in [2.45, 2.75) is 19.0 Å². The summed E-state index contributed by atoms with van der Waals surface area (Å²) in [6, 6.07) is 8.38. The largest absolute Gasteiger partial charge is 0.493 e. The Hall–Kier alpha value is -1.88. The quantitative estimate of drug-likeness (QED) is 0.870. The molecule has 5 heteroatoms. The van der Waals surface area contributed by atoms with E-state index in [-0.39, 0.29) is 0 Å². The van der Waals surface area contributed by atoms with Crippen LogP contribution in [0, 0.1) is 0 Å². The van der Waals surface area contributed by atoms with Crippen molar-refractivity contribution in [3.8, 4) is 5.75 Å². The number of ether oxygens (including phenoxy) is 1. The van der Waals surface area contributed by atoms with Gasteiger partial charge in [0, 0.05) is 18.0 Å². The molecular weight excluding hydrogens is 218 g/mol. The predicted octanol–water partition coefficient (Wildman–Crippen LogP) is 1.68. The fourth-order valence-electron chi connectivity index (χ4n) is 2.04. The van der Waals surface area contributed by atoms with E-state index in [0.717, 1.165) is 18.8 Å². The van der Waals surface area contributed by atoms with Crippen LogP contribution in [0.1, 0.15) is 23.9 Å². The van der Waals surface area contributed by atoms with Crippen LogP contribution in [0.25, 0.3) is 0 Å². The first-order valence-corrected chi connectivity index (χ1v) is 5.64. The van der Waals surface area contributed by atoms with Gasteiger partial charge in [-0.15, -0.1) is 0 Å². The molecule has 1 unspecified atom stereocenters. The maximum Gasteiger partial charge on any atom is 0.213 e. The number of aromatic nitrogens is 2. The van der Waals surface area contributed by atoms with Crippen molar-refractivity contribution in [1.29, 1.82) is 0 Å². The van der Waals surface area contributed by atoms with Crippen LogP contribution in [-0.4, -0.2) is 16.7 Å². The number of rotatable bonds is 3. The molecule has 2 aromatic rings. The van der Waals surface area contributed by atoms with Crippen molar-refractivity contribution in [2.24, 2.45) is 0 Å². The zero-order valence-electron chi connectivity index (χ0n) is 9.30. The highest BCUT2D eigenvalue weighted by molar-refractivity contribution is 5.37. The smallest absolute Gasteiger partial charge is 0.213 e. The normalized spacial score (nSPS) is 18.5. The van der Waals surface area contributed by atoms with Crippen LogP contribution in [-0.2, 0) is 6.54 Å². The van der Waals surface area contributed by atoms with E-state index >= 15 is 0 Å². The van der Waals surface area contributed by atoms with Gasteiger partial charge in [-0.1, -0.05) is 23.4 Å². The number of fused-ring (bicyclic) bond motifs is 1. The lowest BCUT2D eigenvalue weighted by Crippen LogP contribution is -2.27. The van der Waals surface area contributed by atoms with E-state index in [4.69, 9.17) is 9.26 Å². The summed E-state index contributed by atoms with van der Waals surface area (Å²) in [5, 5.41) is 7.19. The molecule has 0 fully saturated rings. The topological polar surface area (TPSA) is 60.2 Å². The van der Waals surface area contributed by atoms with Crippen LogP contribution < -0.4 is 10.1 Å². The van der Waals surface area contributed by atoms with Crippen molar-refractivity contribution >= 4 is 0 Å². The second-order valence-corrected chi connectivity index (χ2v) is 3.96. The molecule has 1 N–H and O–H groups in total. The summed E-state index contributed by atoms with van der Waals surface area (Å²) in [4.78, 5) is 3.99. The molecule has 2 heterocycles. The third-order valence-electron chi connectivity index (χ3n) is 2.87. The Kier molecular flexibility index (Phi) is 2.75. The average Bonchev–Trinajstić information content (AvgIpc) is 2.89. The maximum absolute atomic E-state index is 5.60. The van der Waals surface area contributed by atoms with Crippen molar-refractivity contribution < 1.29 is 9.26 Å². The molecule has 0 aliphatic carbocycles. The van der Waals surface area contributed by atoms with Crippen LogP contribution in [0.4, 0.5) is 0 Å². The van der Waals surface area contributed by atoms with Crippen LogP contribution >= 0.6 is 0 Å². The number of nitrogens with one attached hydrogen (secondary N) is 1. The van der Waals surface area contributed by atoms with Crippen LogP contribution in [0.2, 0.25) is 0 Å². The number of benzene rings is 1. The lowest BCUT2D eigenvalue weighted by Gasteiger charge is -2.26. The molecule has 0 amide bonds. The Balaban J connectivity index is 1.72. The maximum atomic E-state index is 5.60. The Morgan fingerprint density at radius 1 is 1.35 bits per heavy atom. The molecule has 1 aromatic carbocycles. The fourth-order valence-corrected chi connectivity index (χ4v) is 2.04. The van der Waals surface area contributed by atoms with E-state index in [1.54, 1.807) is 0 Å². The minimum Gasteiger partial charge on any atom is -0.493 e. The molecule has 1 aliphatic rings. The summed E-state index contributed by atoms with van der Waals surface area (Å²) in [5.74, 6) is 1.64. The summed E-state index contributed by atoms with van der Waals surface area (Å²) >= 11 is 0. The first-order valence-electron chi connectivity index (χ1n) is 5.64. The molecule has 3 rings (SSSR count). The predicted molar refractivity (Wildman–Crippen MR) is 60.4 cm³/mol. The SMILES string of the molecule is c1ccc2c(c1)OCCC2NCc1ncon1. The van der Waals surface area contributed by atoms with E-state index in [1.165, 1.54) is 12.0 Å². The van der Waals surface area contributed by atoms with Gasteiger partial charge in [-0.3, -0.25) is 0 Å². The van der Waals surface area contributed by atoms with Gasteiger partial charge in [0.25, 0.3) is 0 Å². The van der Waals surface area contributed by atoms with Gasteiger partial charge < -0.3 is 14.6 Å². The Morgan fingerprint density at radius 3 is 3.18 bits per heavy atom. The Labute approximate surface area is 98.8 Å². The van der Waals surface area contributed by atoms with E-state index in [1.807, 2.05) is 18.2 Å². The molecular formula is C12H13N3O2. The van der Waals surface area contributed by atoms with E-state index in [9.17, 15) is 0 Å². The van der Waals surface area contributed by atoms with E-state index in [0.29, 0.717) is 18.4 Å². The third-order valence-corrected chi connectivity index (χ3v) is 2.87. The van der Waals surface area contributed by atoms with Gasteiger partial charge in [0.1, 0.15) is 5.75 Å². The molecule has 0 saturated heterocycles. The summed E-state index contributed by atoms with van der Waals surface area (Å²) < 4.78 is 10.3. The van der Waals surface area contributed by atoms with Crippen LogP contribution in [0.5, 0.6) is 5.75 Å². The van der Waals surface area contributed by atoms with E-state index in [2.05, 4.69) is 21.5 Å². The Morgan fingerprint density at radius 2 is 2.29 bits per heavy atom. The van der Waals surface area contributed by atoms with Gasteiger partial charge in [-0.2, -0.15) is 4.98 Å². The average molecular weight is 231 g/mol. The summed E-state index contributed by atoms with van der Waals surface area (Å²) in [5.41, 5.74) is 1.20. The highest BCUT2D eigenvalue weighted by atomic mass is 16.5. The minimum absolute atomic E-state index is 0.290. The third kappa shape index (κ3) is 2.14. The van der Waals surface area contributed by atoms with Gasteiger partial charge in [0.15, 0.2) is 5.82 Å². The van der Waals surface area contributed by atoms with Crippen molar-refractivity contribution in [2.75, 3.05) is 6.61 Å². The number of para-hydroxylation sites is 1. The van der Waals surface area contributed by atoms with Gasteiger partial charge in [0.2, 0.25) is 6.39 Å². The lowest BCUT2D eigenvalue weighted by atomic mass is 10.0. The number of hydrogen-bond acceptors (Lipinski definition) is 5. The molecule has 17 heavy (non-hydrogen) atoms. The highest BCUT2D eigenvalue weighted by Gasteiger charge is 2.20. The van der Waals surface area contributed by atoms with Gasteiger partial charge in [-0.25, -0.2) is 0 Å². The van der Waals surface area contributed by atoms with Crippen molar-refractivity contribution in [1.82, 2.24) is 15.5 Å². The zero-order valence-corrected chi connectivity index (χ0v) is 9.30. The molecule has 0 radical (unpaired) electrons. The monoisotopic (exact) mass is 231 g/mol. The highest BCUT2D eigenvalue weighted by Crippen LogP contribution is 2.31. The molecule has 5 nitrogen and oxygen atoms in total. The van der Waals surface area contributed by atoms with Crippen LogP contribution in [0.3, 0.4) is 0 Å². The number of hydrogen-bond donors (Lipinski definition) is 1. The second kappa shape index (κ2) is 4.55. The molecule has 0 saturated carbocycles. The first-order chi connectivity index (χ1) is 8.43. The summed E-state index contributed by atoms with van der Waals surface area (Å²) in [6.07, 6.45) is 2.30.